The van der Waals surface area contributed by atoms with Crippen molar-refractivity contribution in [2.24, 2.45) is 0 Å². The van der Waals surface area contributed by atoms with E-state index in [1.54, 1.807) is 11.3 Å². The third-order valence-corrected chi connectivity index (χ3v) is 7.09. The summed E-state index contributed by atoms with van der Waals surface area (Å²) in [6.45, 7) is 4.44. The Morgan fingerprint density at radius 1 is 1.30 bits per heavy atom. The zero-order chi connectivity index (χ0) is 19.6. The molecule has 2 aromatic rings. The van der Waals surface area contributed by atoms with Gasteiger partial charge < -0.3 is 4.74 Å². The van der Waals surface area contributed by atoms with Crippen LogP contribution in [0.5, 0.6) is 5.75 Å². The number of sulfonamides is 1. The van der Waals surface area contributed by atoms with Crippen LogP contribution in [-0.4, -0.2) is 60.8 Å². The van der Waals surface area contributed by atoms with Crippen LogP contribution in [0.2, 0.25) is 0 Å². The third kappa shape index (κ3) is 4.26. The number of ether oxygens (including phenoxy) is 1. The average molecular weight is 412 g/mol. The highest BCUT2D eigenvalue weighted by atomic mass is 32.2. The molecule has 11 heteroatoms. The van der Waals surface area contributed by atoms with Gasteiger partial charge >= 0.3 is 5.69 Å². The van der Waals surface area contributed by atoms with E-state index in [1.165, 1.54) is 23.5 Å². The zero-order valence-electron chi connectivity index (χ0n) is 15.0. The van der Waals surface area contributed by atoms with E-state index in [4.69, 9.17) is 4.74 Å². The summed E-state index contributed by atoms with van der Waals surface area (Å²) >= 11 is 1.59. The number of hydrogen-bond acceptors (Lipinski definition) is 8. The standard InChI is InChI=1S/C16H20N4O5S2/c1-12-17-13(11-26-12)10-18-5-7-19(8-6-18)27(23,24)14-3-4-16(25-2)15(9-14)20(21)22/h3-4,9,11H,5-8,10H2,1-2H3. The summed E-state index contributed by atoms with van der Waals surface area (Å²) in [6.07, 6.45) is 0. The second kappa shape index (κ2) is 7.89. The van der Waals surface area contributed by atoms with Crippen LogP contribution in [0.25, 0.3) is 0 Å². The highest BCUT2D eigenvalue weighted by Gasteiger charge is 2.30. The van der Waals surface area contributed by atoms with Gasteiger partial charge in [-0.2, -0.15) is 4.31 Å². The van der Waals surface area contributed by atoms with E-state index in [1.807, 2.05) is 12.3 Å². The number of piperazine rings is 1. The fraction of sp³-hybridized carbons (Fsp3) is 0.438. The number of benzene rings is 1. The van der Waals surface area contributed by atoms with Gasteiger partial charge in [-0.15, -0.1) is 11.3 Å². The highest BCUT2D eigenvalue weighted by Crippen LogP contribution is 2.30. The maximum absolute atomic E-state index is 12.9. The van der Waals surface area contributed by atoms with Crippen LogP contribution in [0.15, 0.2) is 28.5 Å². The van der Waals surface area contributed by atoms with Crippen LogP contribution in [-0.2, 0) is 16.6 Å². The summed E-state index contributed by atoms with van der Waals surface area (Å²) in [6, 6.07) is 3.70. The maximum Gasteiger partial charge on any atom is 0.312 e. The normalized spacial score (nSPS) is 16.4. The number of rotatable bonds is 6. The first-order valence-corrected chi connectivity index (χ1v) is 10.6. The Morgan fingerprint density at radius 2 is 2.00 bits per heavy atom. The van der Waals surface area contributed by atoms with E-state index < -0.39 is 14.9 Å². The van der Waals surface area contributed by atoms with Crippen LogP contribution in [0.4, 0.5) is 5.69 Å². The molecule has 1 aromatic heterocycles. The molecule has 1 aromatic carbocycles. The Bertz CT molecular complexity index is 936. The summed E-state index contributed by atoms with van der Waals surface area (Å²) in [7, 11) is -2.50. The Labute approximate surface area is 161 Å². The van der Waals surface area contributed by atoms with Crippen molar-refractivity contribution in [3.05, 3.63) is 44.4 Å². The summed E-state index contributed by atoms with van der Waals surface area (Å²) in [5.41, 5.74) is 0.621. The van der Waals surface area contributed by atoms with Crippen molar-refractivity contribution >= 4 is 27.0 Å². The number of nitro benzene ring substituents is 1. The molecular weight excluding hydrogens is 392 g/mol. The molecule has 0 aliphatic carbocycles. The minimum Gasteiger partial charge on any atom is -0.490 e. The zero-order valence-corrected chi connectivity index (χ0v) is 16.6. The predicted octanol–water partition coefficient (Wildman–Crippen LogP) is 1.87. The van der Waals surface area contributed by atoms with Gasteiger partial charge in [-0.1, -0.05) is 0 Å². The minimum absolute atomic E-state index is 0.0299. The summed E-state index contributed by atoms with van der Waals surface area (Å²) in [5.74, 6) is 0.0299. The van der Waals surface area contributed by atoms with Crippen molar-refractivity contribution < 1.29 is 18.1 Å². The molecule has 0 amide bonds. The first kappa shape index (κ1) is 19.7. The van der Waals surface area contributed by atoms with Crippen LogP contribution in [0, 0.1) is 17.0 Å². The molecule has 0 saturated carbocycles. The summed E-state index contributed by atoms with van der Waals surface area (Å²) in [5, 5.41) is 14.2. The van der Waals surface area contributed by atoms with Crippen LogP contribution < -0.4 is 4.74 Å². The van der Waals surface area contributed by atoms with Gasteiger partial charge in [0, 0.05) is 44.2 Å². The van der Waals surface area contributed by atoms with Gasteiger partial charge in [-0.3, -0.25) is 15.0 Å². The molecule has 1 saturated heterocycles. The van der Waals surface area contributed by atoms with Crippen LogP contribution in [0.1, 0.15) is 10.7 Å². The lowest BCUT2D eigenvalue weighted by molar-refractivity contribution is -0.386. The fourth-order valence-corrected chi connectivity index (χ4v) is 5.01. The molecule has 1 aliphatic rings. The molecule has 1 aliphatic heterocycles. The molecule has 1 fully saturated rings. The molecule has 2 heterocycles. The first-order valence-electron chi connectivity index (χ1n) is 8.27. The quantitative estimate of drug-likeness (QED) is 0.527. The van der Waals surface area contributed by atoms with Gasteiger partial charge in [0.15, 0.2) is 5.75 Å². The molecular formula is C16H20N4O5S2. The molecule has 0 radical (unpaired) electrons. The van der Waals surface area contributed by atoms with Gasteiger partial charge in [-0.05, 0) is 19.1 Å². The molecule has 9 nitrogen and oxygen atoms in total. The number of hydrogen-bond donors (Lipinski definition) is 0. The van der Waals surface area contributed by atoms with Crippen molar-refractivity contribution in [3.8, 4) is 5.75 Å². The number of aromatic nitrogens is 1. The second-order valence-electron chi connectivity index (χ2n) is 6.13. The van der Waals surface area contributed by atoms with Crippen molar-refractivity contribution in [1.29, 1.82) is 0 Å². The first-order chi connectivity index (χ1) is 12.8. The Balaban J connectivity index is 1.71. The van der Waals surface area contributed by atoms with Gasteiger partial charge in [-0.25, -0.2) is 13.4 Å². The lowest BCUT2D eigenvalue weighted by atomic mass is 10.3. The van der Waals surface area contributed by atoms with E-state index in [-0.39, 0.29) is 16.3 Å². The number of aryl methyl sites for hydroxylation is 1. The Morgan fingerprint density at radius 3 is 2.56 bits per heavy atom. The van der Waals surface area contributed by atoms with Gasteiger partial charge in [0.05, 0.1) is 27.6 Å². The second-order valence-corrected chi connectivity index (χ2v) is 9.13. The van der Waals surface area contributed by atoms with E-state index in [9.17, 15) is 18.5 Å². The van der Waals surface area contributed by atoms with Gasteiger partial charge in [0.2, 0.25) is 10.0 Å². The fourth-order valence-electron chi connectivity index (χ4n) is 2.96. The predicted molar refractivity (Wildman–Crippen MR) is 101 cm³/mol. The number of thiazole rings is 1. The topological polar surface area (TPSA) is 106 Å². The smallest absolute Gasteiger partial charge is 0.312 e. The van der Waals surface area contributed by atoms with E-state index in [2.05, 4.69) is 9.88 Å². The molecule has 27 heavy (non-hydrogen) atoms. The van der Waals surface area contributed by atoms with E-state index in [0.717, 1.165) is 16.8 Å². The lowest BCUT2D eigenvalue weighted by Crippen LogP contribution is -2.48. The highest BCUT2D eigenvalue weighted by molar-refractivity contribution is 7.89. The van der Waals surface area contributed by atoms with E-state index in [0.29, 0.717) is 32.7 Å². The maximum atomic E-state index is 12.9. The third-order valence-electron chi connectivity index (χ3n) is 4.37. The summed E-state index contributed by atoms with van der Waals surface area (Å²) < 4.78 is 32.0. The minimum atomic E-state index is -3.80. The molecule has 0 unspecified atom stereocenters. The molecule has 146 valence electrons. The largest absolute Gasteiger partial charge is 0.490 e. The van der Waals surface area contributed by atoms with Gasteiger partial charge in [0.1, 0.15) is 0 Å². The van der Waals surface area contributed by atoms with Crippen molar-refractivity contribution in [2.45, 2.75) is 18.4 Å². The van der Waals surface area contributed by atoms with Crippen molar-refractivity contribution in [2.75, 3.05) is 33.3 Å². The molecule has 3 rings (SSSR count). The average Bonchev–Trinajstić information content (AvgIpc) is 3.06. The number of nitro groups is 1. The Kier molecular flexibility index (Phi) is 5.75. The van der Waals surface area contributed by atoms with E-state index >= 15 is 0 Å². The number of nitrogens with zero attached hydrogens (tertiary/aromatic N) is 4. The molecule has 0 bridgehead atoms. The van der Waals surface area contributed by atoms with Gasteiger partial charge in [0.25, 0.3) is 0 Å². The Hall–Kier alpha value is -2.08. The summed E-state index contributed by atoms with van der Waals surface area (Å²) in [4.78, 5) is 17.0. The van der Waals surface area contributed by atoms with Crippen molar-refractivity contribution in [3.63, 3.8) is 0 Å². The SMILES string of the molecule is COc1ccc(S(=O)(=O)N2CCN(Cc3csc(C)n3)CC2)cc1[N+](=O)[O-]. The molecule has 0 N–H and O–H groups in total. The van der Waals surface area contributed by atoms with Crippen LogP contribution in [0.3, 0.4) is 0 Å². The van der Waals surface area contributed by atoms with Crippen LogP contribution >= 0.6 is 11.3 Å². The molecule has 0 atom stereocenters. The molecule has 0 spiro atoms. The number of methoxy groups -OCH3 is 1. The van der Waals surface area contributed by atoms with Crippen molar-refractivity contribution in [1.82, 2.24) is 14.2 Å². The monoisotopic (exact) mass is 412 g/mol. The lowest BCUT2D eigenvalue weighted by Gasteiger charge is -2.33.